The quantitative estimate of drug-likeness (QED) is 0.367. The molecule has 1 aromatic rings. The van der Waals surface area contributed by atoms with Gasteiger partial charge in [-0.15, -0.1) is 0 Å². The predicted octanol–water partition coefficient (Wildman–Crippen LogP) is 7.85. The highest BCUT2D eigenvalue weighted by atomic mass is 16.6. The standard InChI is InChI=1S/C29H48N2O3/c1-7-12-23(24-17-19-30-20-18-24)15-11-16-26-25(21-22-13-9-8-10-14-22)31(29(5,6)33-26)27(32)34-28(2,3)4/h17-20,22-23,25-26H,7-16,21H2,1-6H3/t23-,25-,26+/m0/s1. The molecule has 0 unspecified atom stereocenters. The molecule has 3 atom stereocenters. The summed E-state index contributed by atoms with van der Waals surface area (Å²) in [5.74, 6) is 1.23. The molecule has 2 aliphatic rings. The summed E-state index contributed by atoms with van der Waals surface area (Å²) < 4.78 is 12.5. The largest absolute Gasteiger partial charge is 0.444 e. The van der Waals surface area contributed by atoms with Crippen LogP contribution in [0.1, 0.15) is 124 Å². The van der Waals surface area contributed by atoms with E-state index in [2.05, 4.69) is 24.0 Å². The summed E-state index contributed by atoms with van der Waals surface area (Å²) in [7, 11) is 0. The third kappa shape index (κ3) is 7.44. The minimum absolute atomic E-state index is 0.0594. The average molecular weight is 473 g/mol. The SMILES string of the molecule is CCC[C@@H](CCC[C@H]1OC(C)(C)N(C(=O)OC(C)(C)C)[C@H]1CC1CCCCC1)c1ccncc1. The van der Waals surface area contributed by atoms with Gasteiger partial charge in [-0.1, -0.05) is 51.9 Å². The Balaban J connectivity index is 1.72. The molecule has 0 bridgehead atoms. The van der Waals surface area contributed by atoms with Gasteiger partial charge in [-0.25, -0.2) is 4.79 Å². The second-order valence-electron chi connectivity index (χ2n) is 12.0. The highest BCUT2D eigenvalue weighted by molar-refractivity contribution is 5.70. The molecule has 34 heavy (non-hydrogen) atoms. The Morgan fingerprint density at radius 3 is 2.47 bits per heavy atom. The molecule has 1 amide bonds. The zero-order chi connectivity index (χ0) is 24.8. The molecule has 2 fully saturated rings. The number of carbonyl (C=O) groups excluding carboxylic acids is 1. The molecule has 1 aliphatic heterocycles. The van der Waals surface area contributed by atoms with Crippen molar-refractivity contribution < 1.29 is 14.3 Å². The van der Waals surface area contributed by atoms with Gasteiger partial charge >= 0.3 is 6.09 Å². The molecule has 5 nitrogen and oxygen atoms in total. The molecule has 3 rings (SSSR count). The minimum Gasteiger partial charge on any atom is -0.444 e. The van der Waals surface area contributed by atoms with Crippen LogP contribution in [-0.4, -0.2) is 39.4 Å². The van der Waals surface area contributed by atoms with Gasteiger partial charge in [0.25, 0.3) is 0 Å². The van der Waals surface area contributed by atoms with Gasteiger partial charge in [0.1, 0.15) is 11.3 Å². The highest BCUT2D eigenvalue weighted by Gasteiger charge is 2.51. The van der Waals surface area contributed by atoms with Crippen LogP contribution in [0.25, 0.3) is 0 Å². The molecule has 192 valence electrons. The van der Waals surface area contributed by atoms with Crippen molar-refractivity contribution >= 4 is 6.09 Å². The Morgan fingerprint density at radius 1 is 1.18 bits per heavy atom. The van der Waals surface area contributed by atoms with Crippen molar-refractivity contribution in [3.05, 3.63) is 30.1 Å². The summed E-state index contributed by atoms with van der Waals surface area (Å²) in [4.78, 5) is 19.5. The Labute approximate surface area is 208 Å². The van der Waals surface area contributed by atoms with Crippen molar-refractivity contribution in [2.24, 2.45) is 5.92 Å². The second kappa shape index (κ2) is 11.9. The van der Waals surface area contributed by atoms with Crippen LogP contribution in [0.5, 0.6) is 0 Å². The number of rotatable bonds is 9. The van der Waals surface area contributed by atoms with E-state index < -0.39 is 11.3 Å². The normalized spacial score (nSPS) is 24.2. The molecule has 0 N–H and O–H groups in total. The van der Waals surface area contributed by atoms with Gasteiger partial charge in [-0.3, -0.25) is 9.88 Å². The smallest absolute Gasteiger partial charge is 0.412 e. The summed E-state index contributed by atoms with van der Waals surface area (Å²) in [6, 6.07) is 4.40. The van der Waals surface area contributed by atoms with Crippen LogP contribution in [0, 0.1) is 5.92 Å². The first kappa shape index (κ1) is 27.0. The van der Waals surface area contributed by atoms with Gasteiger partial charge in [-0.05, 0) is 89.8 Å². The molecular weight excluding hydrogens is 424 g/mol. The van der Waals surface area contributed by atoms with Crippen molar-refractivity contribution in [2.45, 2.75) is 142 Å². The van der Waals surface area contributed by atoms with Crippen LogP contribution >= 0.6 is 0 Å². The van der Waals surface area contributed by atoms with Crippen molar-refractivity contribution in [3.63, 3.8) is 0 Å². The van der Waals surface area contributed by atoms with Crippen molar-refractivity contribution in [1.29, 1.82) is 0 Å². The summed E-state index contributed by atoms with van der Waals surface area (Å²) in [6.07, 6.45) is 16.7. The maximum atomic E-state index is 13.3. The second-order valence-corrected chi connectivity index (χ2v) is 12.0. The van der Waals surface area contributed by atoms with Crippen LogP contribution in [0.15, 0.2) is 24.5 Å². The first-order valence-corrected chi connectivity index (χ1v) is 13.7. The Kier molecular flexibility index (Phi) is 9.42. The van der Waals surface area contributed by atoms with Crippen LogP contribution in [-0.2, 0) is 9.47 Å². The summed E-state index contributed by atoms with van der Waals surface area (Å²) in [5, 5.41) is 0. The lowest BCUT2D eigenvalue weighted by Gasteiger charge is -2.37. The molecule has 1 saturated carbocycles. The van der Waals surface area contributed by atoms with Crippen LogP contribution in [0.2, 0.25) is 0 Å². The predicted molar refractivity (Wildman–Crippen MR) is 138 cm³/mol. The van der Waals surface area contributed by atoms with E-state index in [4.69, 9.17) is 9.47 Å². The lowest BCUT2D eigenvalue weighted by atomic mass is 9.82. The van der Waals surface area contributed by atoms with E-state index in [-0.39, 0.29) is 18.2 Å². The van der Waals surface area contributed by atoms with Gasteiger partial charge in [0.2, 0.25) is 0 Å². The van der Waals surface area contributed by atoms with Crippen molar-refractivity contribution in [3.8, 4) is 0 Å². The fraction of sp³-hybridized carbons (Fsp3) is 0.793. The number of hydrogen-bond acceptors (Lipinski definition) is 4. The van der Waals surface area contributed by atoms with E-state index in [1.54, 1.807) is 0 Å². The summed E-state index contributed by atoms with van der Waals surface area (Å²) in [6.45, 7) is 12.1. The topological polar surface area (TPSA) is 51.7 Å². The van der Waals surface area contributed by atoms with E-state index in [1.165, 1.54) is 50.5 Å². The Morgan fingerprint density at radius 2 is 1.85 bits per heavy atom. The third-order valence-electron chi connectivity index (χ3n) is 7.53. The number of amides is 1. The molecule has 1 aromatic heterocycles. The number of pyridine rings is 1. The van der Waals surface area contributed by atoms with Gasteiger partial charge in [0, 0.05) is 12.4 Å². The average Bonchev–Trinajstić information content (AvgIpc) is 3.02. The van der Waals surface area contributed by atoms with Crippen molar-refractivity contribution in [2.75, 3.05) is 0 Å². The third-order valence-corrected chi connectivity index (χ3v) is 7.53. The van der Waals surface area contributed by atoms with E-state index in [0.29, 0.717) is 11.8 Å². The van der Waals surface area contributed by atoms with Gasteiger partial charge in [0.15, 0.2) is 0 Å². The molecular formula is C29H48N2O3. The molecule has 0 radical (unpaired) electrons. The van der Waals surface area contributed by atoms with E-state index in [1.807, 2.05) is 51.9 Å². The number of nitrogens with zero attached hydrogens (tertiary/aromatic N) is 2. The maximum Gasteiger partial charge on any atom is 0.412 e. The summed E-state index contributed by atoms with van der Waals surface area (Å²) >= 11 is 0. The number of carbonyl (C=O) groups is 1. The van der Waals surface area contributed by atoms with Crippen LogP contribution < -0.4 is 0 Å². The molecule has 1 saturated heterocycles. The zero-order valence-corrected chi connectivity index (χ0v) is 22.5. The monoisotopic (exact) mass is 472 g/mol. The van der Waals surface area contributed by atoms with Crippen molar-refractivity contribution in [1.82, 2.24) is 9.88 Å². The van der Waals surface area contributed by atoms with Gasteiger partial charge < -0.3 is 9.47 Å². The maximum absolute atomic E-state index is 13.3. The van der Waals surface area contributed by atoms with Gasteiger partial charge in [0.05, 0.1) is 12.1 Å². The molecule has 5 heteroatoms. The minimum atomic E-state index is -0.653. The first-order chi connectivity index (χ1) is 16.1. The van der Waals surface area contributed by atoms with E-state index >= 15 is 0 Å². The summed E-state index contributed by atoms with van der Waals surface area (Å²) in [5.41, 5.74) is 0.220. The van der Waals surface area contributed by atoms with E-state index in [0.717, 1.165) is 25.7 Å². The Bertz CT molecular complexity index is 752. The van der Waals surface area contributed by atoms with Crippen LogP contribution in [0.3, 0.4) is 0 Å². The Hall–Kier alpha value is -1.62. The van der Waals surface area contributed by atoms with Gasteiger partial charge in [-0.2, -0.15) is 0 Å². The lowest BCUT2D eigenvalue weighted by molar-refractivity contribution is -0.0802. The zero-order valence-electron chi connectivity index (χ0n) is 22.5. The lowest BCUT2D eigenvalue weighted by Crippen LogP contribution is -2.50. The molecule has 0 spiro atoms. The molecule has 0 aromatic carbocycles. The number of ether oxygens (including phenoxy) is 2. The highest BCUT2D eigenvalue weighted by Crippen LogP contribution is 2.41. The van der Waals surface area contributed by atoms with E-state index in [9.17, 15) is 4.79 Å². The van der Waals surface area contributed by atoms with Crippen LogP contribution in [0.4, 0.5) is 4.79 Å². The first-order valence-electron chi connectivity index (χ1n) is 13.7. The fourth-order valence-corrected chi connectivity index (χ4v) is 6.04. The number of aromatic nitrogens is 1. The molecule has 1 aliphatic carbocycles. The fourth-order valence-electron chi connectivity index (χ4n) is 6.04. The number of hydrogen-bond donors (Lipinski definition) is 0. The molecule has 2 heterocycles.